The van der Waals surface area contributed by atoms with Gasteiger partial charge in [-0.15, -0.1) is 0 Å². The lowest BCUT2D eigenvalue weighted by Crippen LogP contribution is -2.41. The zero-order valence-corrected chi connectivity index (χ0v) is 12.1. The van der Waals surface area contributed by atoms with E-state index in [2.05, 4.69) is 15.9 Å². The highest BCUT2D eigenvalue weighted by molar-refractivity contribution is 9.10. The fourth-order valence-corrected chi connectivity index (χ4v) is 3.31. The lowest BCUT2D eigenvalue weighted by atomic mass is 10.2. The molecule has 1 saturated heterocycles. The summed E-state index contributed by atoms with van der Waals surface area (Å²) in [6.07, 6.45) is 0. The monoisotopic (exact) mass is 335 g/mol. The Morgan fingerprint density at radius 3 is 2.65 bits per heavy atom. The van der Waals surface area contributed by atoms with Gasteiger partial charge in [0.2, 0.25) is 0 Å². The van der Waals surface area contributed by atoms with Crippen molar-refractivity contribution in [3.63, 3.8) is 0 Å². The number of carbonyl (C=O) groups excluding carboxylic acids is 1. The van der Waals surface area contributed by atoms with E-state index in [-0.39, 0.29) is 5.91 Å². The van der Waals surface area contributed by atoms with Gasteiger partial charge < -0.3 is 4.90 Å². The second-order valence-electron chi connectivity index (χ2n) is 3.74. The fourth-order valence-electron chi connectivity index (χ4n) is 1.68. The van der Waals surface area contributed by atoms with Gasteiger partial charge in [0.05, 0.1) is 10.6 Å². The summed E-state index contributed by atoms with van der Waals surface area (Å²) in [6.45, 7) is 1.07. The van der Waals surface area contributed by atoms with Gasteiger partial charge in [-0.1, -0.05) is 17.7 Å². The van der Waals surface area contributed by atoms with Gasteiger partial charge in [-0.2, -0.15) is 0 Å². The molecule has 2 rings (SSSR count). The van der Waals surface area contributed by atoms with Gasteiger partial charge in [-0.3, -0.25) is 9.00 Å². The fraction of sp³-hybridized carbons (Fsp3) is 0.364. The standard InChI is InChI=1S/C11H11BrClNO2S/c12-9-3-1-2-8(10(9)13)11(15)14-4-6-17(16)7-5-14/h1-3H,4-7H2. The highest BCUT2D eigenvalue weighted by Crippen LogP contribution is 2.27. The number of hydrogen-bond acceptors (Lipinski definition) is 2. The molecule has 0 aromatic heterocycles. The Kier molecular flexibility index (Phi) is 4.22. The van der Waals surface area contributed by atoms with Crippen LogP contribution in [0.5, 0.6) is 0 Å². The van der Waals surface area contributed by atoms with E-state index >= 15 is 0 Å². The lowest BCUT2D eigenvalue weighted by molar-refractivity contribution is 0.0771. The molecule has 1 fully saturated rings. The van der Waals surface area contributed by atoms with Gasteiger partial charge in [-0.25, -0.2) is 0 Å². The number of amides is 1. The van der Waals surface area contributed by atoms with Crippen LogP contribution >= 0.6 is 27.5 Å². The Balaban J connectivity index is 2.20. The zero-order chi connectivity index (χ0) is 12.4. The lowest BCUT2D eigenvalue weighted by Gasteiger charge is -2.26. The normalized spacial score (nSPS) is 17.2. The van der Waals surface area contributed by atoms with Gasteiger partial charge in [0, 0.05) is 39.9 Å². The number of carbonyl (C=O) groups is 1. The SMILES string of the molecule is O=C(c1cccc(Br)c1Cl)N1CCS(=O)CC1. The number of benzene rings is 1. The molecular formula is C11H11BrClNO2S. The van der Waals surface area contributed by atoms with Crippen molar-refractivity contribution in [1.29, 1.82) is 0 Å². The smallest absolute Gasteiger partial charge is 0.255 e. The van der Waals surface area contributed by atoms with Crippen LogP contribution < -0.4 is 0 Å². The van der Waals surface area contributed by atoms with Crippen LogP contribution in [-0.2, 0) is 10.8 Å². The highest BCUT2D eigenvalue weighted by atomic mass is 79.9. The minimum absolute atomic E-state index is 0.0898. The first-order valence-corrected chi connectivity index (χ1v) is 7.84. The molecule has 0 unspecified atom stereocenters. The molecular weight excluding hydrogens is 326 g/mol. The first-order valence-electron chi connectivity index (χ1n) is 5.18. The summed E-state index contributed by atoms with van der Waals surface area (Å²) in [7, 11) is -0.780. The average molecular weight is 337 g/mol. The topological polar surface area (TPSA) is 37.4 Å². The van der Waals surface area contributed by atoms with Crippen LogP contribution in [0.4, 0.5) is 0 Å². The molecule has 1 heterocycles. The van der Waals surface area contributed by atoms with E-state index in [9.17, 15) is 9.00 Å². The molecule has 1 aromatic carbocycles. The Morgan fingerprint density at radius 1 is 1.35 bits per heavy atom. The summed E-state index contributed by atoms with van der Waals surface area (Å²) < 4.78 is 11.9. The summed E-state index contributed by atoms with van der Waals surface area (Å²) in [4.78, 5) is 13.9. The molecule has 1 aromatic rings. The van der Waals surface area contributed by atoms with E-state index in [1.54, 1.807) is 23.1 Å². The molecule has 0 bridgehead atoms. The summed E-state index contributed by atoms with van der Waals surface area (Å²) in [5, 5.41) is 0.434. The molecule has 0 atom stereocenters. The quantitative estimate of drug-likeness (QED) is 0.789. The molecule has 0 spiro atoms. The van der Waals surface area contributed by atoms with Crippen LogP contribution in [0.15, 0.2) is 22.7 Å². The van der Waals surface area contributed by atoms with Gasteiger partial charge in [0.15, 0.2) is 0 Å². The number of hydrogen-bond donors (Lipinski definition) is 0. The molecule has 0 radical (unpaired) electrons. The van der Waals surface area contributed by atoms with E-state index in [1.807, 2.05) is 0 Å². The van der Waals surface area contributed by atoms with Gasteiger partial charge in [-0.05, 0) is 28.1 Å². The van der Waals surface area contributed by atoms with E-state index in [1.165, 1.54) is 0 Å². The molecule has 0 N–H and O–H groups in total. The third-order valence-electron chi connectivity index (χ3n) is 2.65. The number of halogens is 2. The van der Waals surface area contributed by atoms with Gasteiger partial charge >= 0.3 is 0 Å². The van der Waals surface area contributed by atoms with Gasteiger partial charge in [0.1, 0.15) is 0 Å². The van der Waals surface area contributed by atoms with E-state index in [0.717, 1.165) is 0 Å². The van der Waals surface area contributed by atoms with Crippen molar-refractivity contribution in [3.8, 4) is 0 Å². The number of nitrogens with zero attached hydrogens (tertiary/aromatic N) is 1. The van der Waals surface area contributed by atoms with Crippen LogP contribution in [-0.4, -0.2) is 39.6 Å². The largest absolute Gasteiger partial charge is 0.337 e. The van der Waals surface area contributed by atoms with Crippen LogP contribution in [0.25, 0.3) is 0 Å². The number of rotatable bonds is 1. The Hall–Kier alpha value is -0.390. The minimum atomic E-state index is -0.780. The molecule has 1 amide bonds. The predicted octanol–water partition coefficient (Wildman–Crippen LogP) is 2.31. The van der Waals surface area contributed by atoms with Crippen LogP contribution in [0.1, 0.15) is 10.4 Å². The molecule has 3 nitrogen and oxygen atoms in total. The molecule has 6 heteroatoms. The maximum absolute atomic E-state index is 12.2. The summed E-state index contributed by atoms with van der Waals surface area (Å²) in [5.41, 5.74) is 0.494. The highest BCUT2D eigenvalue weighted by Gasteiger charge is 2.23. The molecule has 17 heavy (non-hydrogen) atoms. The van der Waals surface area contributed by atoms with Crippen LogP contribution in [0, 0.1) is 0 Å². The zero-order valence-electron chi connectivity index (χ0n) is 8.99. The first-order chi connectivity index (χ1) is 8.09. The van der Waals surface area contributed by atoms with Crippen molar-refractivity contribution in [3.05, 3.63) is 33.3 Å². The Morgan fingerprint density at radius 2 is 2.00 bits per heavy atom. The molecule has 0 saturated carbocycles. The maximum atomic E-state index is 12.2. The predicted molar refractivity (Wildman–Crippen MR) is 72.9 cm³/mol. The second kappa shape index (κ2) is 5.50. The van der Waals surface area contributed by atoms with Crippen molar-refractivity contribution in [2.45, 2.75) is 0 Å². The minimum Gasteiger partial charge on any atom is -0.337 e. The Labute approximate surface area is 116 Å². The van der Waals surface area contributed by atoms with Crippen molar-refractivity contribution in [2.24, 2.45) is 0 Å². The molecule has 1 aliphatic rings. The Bertz CT molecular complexity index is 471. The summed E-state index contributed by atoms with van der Waals surface area (Å²) in [5.74, 6) is 1.02. The second-order valence-corrected chi connectivity index (χ2v) is 6.67. The first kappa shape index (κ1) is 13.1. The maximum Gasteiger partial charge on any atom is 0.255 e. The van der Waals surface area contributed by atoms with Crippen molar-refractivity contribution < 1.29 is 9.00 Å². The summed E-state index contributed by atoms with van der Waals surface area (Å²) in [6, 6.07) is 5.29. The van der Waals surface area contributed by atoms with Crippen LogP contribution in [0.2, 0.25) is 5.02 Å². The molecule has 0 aliphatic carbocycles. The van der Waals surface area contributed by atoms with Crippen molar-refractivity contribution >= 4 is 44.2 Å². The van der Waals surface area contributed by atoms with E-state index in [4.69, 9.17) is 11.6 Å². The molecule has 1 aliphatic heterocycles. The van der Waals surface area contributed by atoms with Crippen molar-refractivity contribution in [1.82, 2.24) is 4.90 Å². The average Bonchev–Trinajstić information content (AvgIpc) is 2.33. The van der Waals surface area contributed by atoms with E-state index < -0.39 is 10.8 Å². The third-order valence-corrected chi connectivity index (χ3v) is 5.22. The van der Waals surface area contributed by atoms with Gasteiger partial charge in [0.25, 0.3) is 5.91 Å². The summed E-state index contributed by atoms with van der Waals surface area (Å²) >= 11 is 9.38. The third kappa shape index (κ3) is 2.89. The molecule has 92 valence electrons. The van der Waals surface area contributed by atoms with Crippen LogP contribution in [0.3, 0.4) is 0 Å². The van der Waals surface area contributed by atoms with Crippen molar-refractivity contribution in [2.75, 3.05) is 24.6 Å². The van der Waals surface area contributed by atoms with E-state index in [0.29, 0.717) is 39.7 Å².